The van der Waals surface area contributed by atoms with Gasteiger partial charge in [0.1, 0.15) is 0 Å². The standard InChI is InChI=1S/C13H18N2O5/c1-9-11(14(2)5-4-6-20-3)7-10(13(16)17)8-12(9)15(18)19/h7-8H,4-6H2,1-3H3,(H,16,17). The number of anilines is 1. The molecule has 0 aliphatic carbocycles. The minimum Gasteiger partial charge on any atom is -0.478 e. The van der Waals surface area contributed by atoms with Crippen molar-refractivity contribution in [1.82, 2.24) is 0 Å². The van der Waals surface area contributed by atoms with Gasteiger partial charge >= 0.3 is 5.97 Å². The van der Waals surface area contributed by atoms with Gasteiger partial charge in [-0.15, -0.1) is 0 Å². The molecular weight excluding hydrogens is 264 g/mol. The molecule has 0 unspecified atom stereocenters. The van der Waals surface area contributed by atoms with Crippen LogP contribution in [0.25, 0.3) is 0 Å². The normalized spacial score (nSPS) is 10.3. The summed E-state index contributed by atoms with van der Waals surface area (Å²) in [5.41, 5.74) is 0.738. The first-order chi connectivity index (χ1) is 9.38. The predicted octanol–water partition coefficient (Wildman–Crippen LogP) is 2.07. The van der Waals surface area contributed by atoms with E-state index in [0.29, 0.717) is 24.4 Å². The van der Waals surface area contributed by atoms with Crippen LogP contribution in [0.5, 0.6) is 0 Å². The summed E-state index contributed by atoms with van der Waals surface area (Å²) in [4.78, 5) is 23.3. The molecule has 1 N–H and O–H groups in total. The fourth-order valence-corrected chi connectivity index (χ4v) is 1.96. The molecule has 0 fully saturated rings. The Kier molecular flexibility index (Phi) is 5.45. The zero-order chi connectivity index (χ0) is 15.3. The second kappa shape index (κ2) is 6.85. The largest absolute Gasteiger partial charge is 0.478 e. The average molecular weight is 282 g/mol. The van der Waals surface area contributed by atoms with Gasteiger partial charge in [0.15, 0.2) is 0 Å². The van der Waals surface area contributed by atoms with Crippen molar-refractivity contribution >= 4 is 17.3 Å². The van der Waals surface area contributed by atoms with Gasteiger partial charge in [0, 0.05) is 39.1 Å². The minimum atomic E-state index is -1.18. The van der Waals surface area contributed by atoms with Crippen molar-refractivity contribution in [2.24, 2.45) is 0 Å². The molecule has 0 spiro atoms. The number of nitro groups is 1. The van der Waals surface area contributed by atoms with Gasteiger partial charge in [0.2, 0.25) is 0 Å². The summed E-state index contributed by atoms with van der Waals surface area (Å²) in [5, 5.41) is 20.0. The summed E-state index contributed by atoms with van der Waals surface area (Å²) in [6, 6.07) is 2.54. The third-order valence-corrected chi connectivity index (χ3v) is 3.05. The molecule has 0 radical (unpaired) electrons. The molecule has 0 bridgehead atoms. The number of carbonyl (C=O) groups is 1. The van der Waals surface area contributed by atoms with E-state index >= 15 is 0 Å². The Balaban J connectivity index is 3.16. The van der Waals surface area contributed by atoms with Crippen LogP contribution in [-0.4, -0.2) is 43.3 Å². The van der Waals surface area contributed by atoms with Crippen LogP contribution in [0, 0.1) is 17.0 Å². The van der Waals surface area contributed by atoms with Crippen molar-refractivity contribution in [3.63, 3.8) is 0 Å². The Morgan fingerprint density at radius 1 is 1.50 bits per heavy atom. The van der Waals surface area contributed by atoms with Crippen LogP contribution in [0.15, 0.2) is 12.1 Å². The number of benzene rings is 1. The summed E-state index contributed by atoms with van der Waals surface area (Å²) < 4.78 is 4.95. The lowest BCUT2D eigenvalue weighted by molar-refractivity contribution is -0.385. The van der Waals surface area contributed by atoms with Crippen LogP contribution in [0.4, 0.5) is 11.4 Å². The number of ether oxygens (including phenoxy) is 1. The van der Waals surface area contributed by atoms with Crippen LogP contribution in [0.3, 0.4) is 0 Å². The first kappa shape index (κ1) is 15.9. The summed E-state index contributed by atoms with van der Waals surface area (Å²) in [6.07, 6.45) is 0.748. The van der Waals surface area contributed by atoms with Crippen molar-refractivity contribution < 1.29 is 19.6 Å². The molecule has 0 aromatic heterocycles. The molecule has 7 nitrogen and oxygen atoms in total. The molecule has 0 aliphatic rings. The molecular formula is C13H18N2O5. The fraction of sp³-hybridized carbons (Fsp3) is 0.462. The third-order valence-electron chi connectivity index (χ3n) is 3.05. The predicted molar refractivity (Wildman–Crippen MR) is 74.6 cm³/mol. The molecule has 0 saturated heterocycles. The maximum absolute atomic E-state index is 11.1. The zero-order valence-corrected chi connectivity index (χ0v) is 11.8. The summed E-state index contributed by atoms with van der Waals surface area (Å²) in [6.45, 7) is 2.81. The first-order valence-corrected chi connectivity index (χ1v) is 6.11. The molecule has 1 rings (SSSR count). The lowest BCUT2D eigenvalue weighted by Gasteiger charge is -2.21. The highest BCUT2D eigenvalue weighted by atomic mass is 16.6. The van der Waals surface area contributed by atoms with E-state index < -0.39 is 10.9 Å². The maximum atomic E-state index is 11.1. The van der Waals surface area contributed by atoms with Crippen LogP contribution < -0.4 is 4.90 Å². The van der Waals surface area contributed by atoms with E-state index in [0.717, 1.165) is 12.5 Å². The molecule has 0 heterocycles. The molecule has 0 atom stereocenters. The highest BCUT2D eigenvalue weighted by Gasteiger charge is 2.20. The van der Waals surface area contributed by atoms with Gasteiger partial charge in [-0.25, -0.2) is 4.79 Å². The second-order valence-electron chi connectivity index (χ2n) is 4.47. The summed E-state index contributed by atoms with van der Waals surface area (Å²) in [7, 11) is 3.37. The van der Waals surface area contributed by atoms with Crippen LogP contribution in [0.2, 0.25) is 0 Å². The number of carboxylic acid groups (broad SMARTS) is 1. The number of aromatic carboxylic acids is 1. The SMILES string of the molecule is COCCCN(C)c1cc(C(=O)O)cc([N+](=O)[O-])c1C. The lowest BCUT2D eigenvalue weighted by Crippen LogP contribution is -2.21. The first-order valence-electron chi connectivity index (χ1n) is 6.11. The molecule has 110 valence electrons. The smallest absolute Gasteiger partial charge is 0.336 e. The molecule has 0 aliphatic heterocycles. The lowest BCUT2D eigenvalue weighted by atomic mass is 10.1. The quantitative estimate of drug-likeness (QED) is 0.467. The van der Waals surface area contributed by atoms with Crippen molar-refractivity contribution in [2.75, 3.05) is 32.2 Å². The highest BCUT2D eigenvalue weighted by molar-refractivity contribution is 5.90. The van der Waals surface area contributed by atoms with Crippen molar-refractivity contribution in [3.05, 3.63) is 33.4 Å². The van der Waals surface area contributed by atoms with Crippen molar-refractivity contribution in [3.8, 4) is 0 Å². The molecule has 20 heavy (non-hydrogen) atoms. The molecule has 1 aromatic rings. The van der Waals surface area contributed by atoms with E-state index in [4.69, 9.17) is 9.84 Å². The topological polar surface area (TPSA) is 92.9 Å². The number of hydrogen-bond acceptors (Lipinski definition) is 5. The Bertz CT molecular complexity index is 516. The van der Waals surface area contributed by atoms with Crippen LogP contribution in [-0.2, 0) is 4.74 Å². The average Bonchev–Trinajstić information content (AvgIpc) is 2.38. The van der Waals surface area contributed by atoms with Gasteiger partial charge in [-0.05, 0) is 19.4 Å². The van der Waals surface area contributed by atoms with Gasteiger partial charge in [0.05, 0.1) is 16.1 Å². The van der Waals surface area contributed by atoms with Crippen LogP contribution in [0.1, 0.15) is 22.3 Å². The molecule has 7 heteroatoms. The summed E-state index contributed by atoms with van der Waals surface area (Å²) in [5.74, 6) is -1.18. The number of nitro benzene ring substituents is 1. The van der Waals surface area contributed by atoms with Crippen molar-refractivity contribution in [2.45, 2.75) is 13.3 Å². The molecule has 0 saturated carbocycles. The Morgan fingerprint density at radius 3 is 2.65 bits per heavy atom. The Morgan fingerprint density at radius 2 is 2.15 bits per heavy atom. The second-order valence-corrected chi connectivity index (χ2v) is 4.47. The summed E-state index contributed by atoms with van der Waals surface area (Å²) >= 11 is 0. The number of carboxylic acids is 1. The number of hydrogen-bond donors (Lipinski definition) is 1. The Labute approximate surface area is 116 Å². The minimum absolute atomic E-state index is 0.0871. The van der Waals surface area contributed by atoms with E-state index in [1.807, 2.05) is 0 Å². The van der Waals surface area contributed by atoms with E-state index in [1.165, 1.54) is 6.07 Å². The number of methoxy groups -OCH3 is 1. The zero-order valence-electron chi connectivity index (χ0n) is 11.8. The molecule has 0 amide bonds. The van der Waals surface area contributed by atoms with Gasteiger partial charge in [-0.1, -0.05) is 0 Å². The Hall–Kier alpha value is -2.15. The monoisotopic (exact) mass is 282 g/mol. The van der Waals surface area contributed by atoms with E-state index in [1.54, 1.807) is 26.0 Å². The fourth-order valence-electron chi connectivity index (χ4n) is 1.96. The van der Waals surface area contributed by atoms with E-state index in [2.05, 4.69) is 0 Å². The van der Waals surface area contributed by atoms with Gasteiger partial charge < -0.3 is 14.7 Å². The van der Waals surface area contributed by atoms with E-state index in [9.17, 15) is 14.9 Å². The number of nitrogens with zero attached hydrogens (tertiary/aromatic N) is 2. The van der Waals surface area contributed by atoms with E-state index in [-0.39, 0.29) is 11.3 Å². The molecule has 1 aromatic carbocycles. The van der Waals surface area contributed by atoms with Gasteiger partial charge in [-0.2, -0.15) is 0 Å². The maximum Gasteiger partial charge on any atom is 0.336 e. The van der Waals surface area contributed by atoms with Gasteiger partial charge in [-0.3, -0.25) is 10.1 Å². The van der Waals surface area contributed by atoms with Crippen LogP contribution >= 0.6 is 0 Å². The van der Waals surface area contributed by atoms with Gasteiger partial charge in [0.25, 0.3) is 5.69 Å². The third kappa shape index (κ3) is 3.67. The highest BCUT2D eigenvalue weighted by Crippen LogP contribution is 2.30. The van der Waals surface area contributed by atoms with Crippen molar-refractivity contribution in [1.29, 1.82) is 0 Å². The number of rotatable bonds is 7.